The average Bonchev–Trinajstić information content (AvgIpc) is 3.27. The van der Waals surface area contributed by atoms with Gasteiger partial charge in [-0.15, -0.1) is 0 Å². The Kier molecular flexibility index (Phi) is 9.86. The lowest BCUT2D eigenvalue weighted by molar-refractivity contribution is 0.334. The van der Waals surface area contributed by atoms with E-state index in [9.17, 15) is 5.11 Å². The van der Waals surface area contributed by atoms with Gasteiger partial charge >= 0.3 is 0 Å². The van der Waals surface area contributed by atoms with Gasteiger partial charge in [-0.3, -0.25) is 4.98 Å². The molecule has 0 aliphatic rings. The maximum absolute atomic E-state index is 9.71. The third-order valence-electron chi connectivity index (χ3n) is 5.15. The highest BCUT2D eigenvalue weighted by Gasteiger charge is 2.16. The lowest BCUT2D eigenvalue weighted by Gasteiger charge is -2.17. The molecule has 32 heavy (non-hydrogen) atoms. The van der Waals surface area contributed by atoms with Crippen molar-refractivity contribution < 1.29 is 10.2 Å². The summed E-state index contributed by atoms with van der Waals surface area (Å²) >= 11 is 0. The molecule has 4 rings (SSSR count). The van der Waals surface area contributed by atoms with E-state index in [-0.39, 0.29) is 12.6 Å². The monoisotopic (exact) mass is 430 g/mol. The number of benzene rings is 2. The number of hydrogen-bond acceptors (Lipinski definition) is 3. The minimum Gasteiger partial charge on any atom is -0.400 e. The zero-order chi connectivity index (χ0) is 23.5. The van der Waals surface area contributed by atoms with E-state index in [0.29, 0.717) is 0 Å². The highest BCUT2D eigenvalue weighted by atomic mass is 16.3. The zero-order valence-corrected chi connectivity index (χ0v) is 19.7. The van der Waals surface area contributed by atoms with Gasteiger partial charge in [0.1, 0.15) is 0 Å². The SMILES string of the molecule is C/C=C\C(=C/C(C)n1c(-c2ccncc2)cc2c3ccccc3ccc21)CO.CC.CO. The Bertz CT molecular complexity index is 1170. The van der Waals surface area contributed by atoms with Crippen LogP contribution in [0.4, 0.5) is 0 Å². The summed E-state index contributed by atoms with van der Waals surface area (Å²) in [6, 6.07) is 19.3. The highest BCUT2D eigenvalue weighted by Crippen LogP contribution is 2.35. The van der Waals surface area contributed by atoms with Crippen molar-refractivity contribution in [1.29, 1.82) is 0 Å². The standard InChI is InChI=1S/C25H24N2O.C2H6.CH4O/c1-3-6-19(17-28)15-18(2)27-24-10-9-20-7-4-5-8-22(20)23(24)16-25(27)21-11-13-26-14-12-21;2*1-2/h3-16,18,28H,17H2,1-2H3;1-2H3;2H,1H3/b6-3-,19-15+;;. The normalized spacial score (nSPS) is 12.3. The second-order valence-corrected chi connectivity index (χ2v) is 7.00. The number of pyridine rings is 1. The quantitative estimate of drug-likeness (QED) is 0.353. The Morgan fingerprint density at radius 3 is 2.34 bits per heavy atom. The van der Waals surface area contributed by atoms with Crippen LogP contribution in [0.3, 0.4) is 0 Å². The molecule has 0 saturated carbocycles. The van der Waals surface area contributed by atoms with Crippen LogP contribution in [0, 0.1) is 0 Å². The van der Waals surface area contributed by atoms with Crippen LogP contribution < -0.4 is 0 Å². The summed E-state index contributed by atoms with van der Waals surface area (Å²) in [5.74, 6) is 0. The molecule has 2 N–H and O–H groups in total. The maximum atomic E-state index is 9.71. The molecule has 4 aromatic rings. The van der Waals surface area contributed by atoms with E-state index in [4.69, 9.17) is 5.11 Å². The van der Waals surface area contributed by atoms with Crippen molar-refractivity contribution in [2.24, 2.45) is 0 Å². The lowest BCUT2D eigenvalue weighted by Crippen LogP contribution is -2.05. The van der Waals surface area contributed by atoms with Crippen LogP contribution >= 0.6 is 0 Å². The average molecular weight is 431 g/mol. The number of allylic oxidation sites excluding steroid dienone is 2. The molecule has 0 fully saturated rings. The lowest BCUT2D eigenvalue weighted by atomic mass is 10.1. The second-order valence-electron chi connectivity index (χ2n) is 7.00. The summed E-state index contributed by atoms with van der Waals surface area (Å²) in [6.45, 7) is 8.16. The predicted molar refractivity (Wildman–Crippen MR) is 137 cm³/mol. The van der Waals surface area contributed by atoms with Crippen molar-refractivity contribution in [3.8, 4) is 11.3 Å². The van der Waals surface area contributed by atoms with Crippen LogP contribution in [0.25, 0.3) is 32.9 Å². The van der Waals surface area contributed by atoms with E-state index in [1.165, 1.54) is 21.7 Å². The Morgan fingerprint density at radius 2 is 1.69 bits per heavy atom. The topological polar surface area (TPSA) is 58.3 Å². The van der Waals surface area contributed by atoms with Gasteiger partial charge in [0.25, 0.3) is 0 Å². The fraction of sp³-hybridized carbons (Fsp3) is 0.250. The molecule has 1 unspecified atom stereocenters. The molecule has 2 aromatic heterocycles. The summed E-state index contributed by atoms with van der Waals surface area (Å²) in [5.41, 5.74) is 4.38. The molecule has 0 amide bonds. The molecule has 0 radical (unpaired) electrons. The Balaban J connectivity index is 0.000000860. The highest BCUT2D eigenvalue weighted by molar-refractivity contribution is 6.08. The van der Waals surface area contributed by atoms with E-state index in [1.807, 2.05) is 57.4 Å². The fourth-order valence-electron chi connectivity index (χ4n) is 3.93. The minimum absolute atomic E-state index is 0.0292. The van der Waals surface area contributed by atoms with Crippen LogP contribution in [-0.2, 0) is 0 Å². The molecular formula is C28H34N2O2. The number of hydrogen-bond donors (Lipinski definition) is 2. The predicted octanol–water partition coefficient (Wildman–Crippen LogP) is 6.55. The summed E-state index contributed by atoms with van der Waals surface area (Å²) < 4.78 is 2.34. The van der Waals surface area contributed by atoms with Crippen molar-refractivity contribution in [1.82, 2.24) is 9.55 Å². The molecule has 2 aromatic carbocycles. The molecule has 168 valence electrons. The third-order valence-corrected chi connectivity index (χ3v) is 5.15. The molecule has 0 saturated heterocycles. The fourth-order valence-corrected chi connectivity index (χ4v) is 3.93. The molecule has 1 atom stereocenters. The molecular weight excluding hydrogens is 396 g/mol. The van der Waals surface area contributed by atoms with Crippen molar-refractivity contribution in [2.45, 2.75) is 33.7 Å². The molecule has 4 heteroatoms. The first kappa shape index (κ1) is 25.1. The van der Waals surface area contributed by atoms with E-state index in [0.717, 1.165) is 23.9 Å². The molecule has 0 bridgehead atoms. The Morgan fingerprint density at radius 1 is 1.00 bits per heavy atom. The van der Waals surface area contributed by atoms with Crippen LogP contribution in [-0.4, -0.2) is 33.5 Å². The smallest absolute Gasteiger partial charge is 0.0679 e. The Hall–Kier alpha value is -3.21. The van der Waals surface area contributed by atoms with Crippen LogP contribution in [0.5, 0.6) is 0 Å². The van der Waals surface area contributed by atoms with E-state index in [2.05, 4.69) is 65.0 Å². The Labute approximate surface area is 191 Å². The van der Waals surface area contributed by atoms with Crippen molar-refractivity contribution in [3.63, 3.8) is 0 Å². The maximum Gasteiger partial charge on any atom is 0.0679 e. The number of fused-ring (bicyclic) bond motifs is 3. The molecule has 4 nitrogen and oxygen atoms in total. The van der Waals surface area contributed by atoms with Crippen molar-refractivity contribution >= 4 is 21.7 Å². The van der Waals surface area contributed by atoms with Crippen LogP contribution in [0.15, 0.2) is 90.8 Å². The first-order chi connectivity index (χ1) is 15.7. The van der Waals surface area contributed by atoms with Gasteiger partial charge < -0.3 is 14.8 Å². The van der Waals surface area contributed by atoms with Gasteiger partial charge in [0.2, 0.25) is 0 Å². The van der Waals surface area contributed by atoms with Gasteiger partial charge in [-0.2, -0.15) is 0 Å². The molecule has 2 heterocycles. The van der Waals surface area contributed by atoms with Crippen LogP contribution in [0.1, 0.15) is 33.7 Å². The second kappa shape index (κ2) is 12.6. The van der Waals surface area contributed by atoms with Gasteiger partial charge in [-0.1, -0.05) is 62.4 Å². The number of aromatic nitrogens is 2. The summed E-state index contributed by atoms with van der Waals surface area (Å²) in [5, 5.41) is 20.4. The summed E-state index contributed by atoms with van der Waals surface area (Å²) in [7, 11) is 1.00. The molecule has 0 aliphatic carbocycles. The van der Waals surface area contributed by atoms with Crippen molar-refractivity contribution in [3.05, 3.63) is 90.8 Å². The first-order valence-electron chi connectivity index (χ1n) is 11.0. The minimum atomic E-state index is 0.0292. The summed E-state index contributed by atoms with van der Waals surface area (Å²) in [4.78, 5) is 4.17. The third kappa shape index (κ3) is 5.34. The van der Waals surface area contributed by atoms with E-state index >= 15 is 0 Å². The van der Waals surface area contributed by atoms with Gasteiger partial charge in [0, 0.05) is 41.7 Å². The molecule has 0 aliphatic heterocycles. The number of aliphatic hydroxyl groups excluding tert-OH is 2. The number of aliphatic hydroxyl groups is 2. The number of rotatable bonds is 5. The van der Waals surface area contributed by atoms with Gasteiger partial charge in [-0.05, 0) is 54.5 Å². The zero-order valence-electron chi connectivity index (χ0n) is 19.7. The first-order valence-corrected chi connectivity index (χ1v) is 11.0. The van der Waals surface area contributed by atoms with Crippen LogP contribution in [0.2, 0.25) is 0 Å². The van der Waals surface area contributed by atoms with E-state index < -0.39 is 0 Å². The number of nitrogens with zero attached hydrogens (tertiary/aromatic N) is 2. The van der Waals surface area contributed by atoms with Gasteiger partial charge in [-0.25, -0.2) is 0 Å². The summed E-state index contributed by atoms with van der Waals surface area (Å²) in [6.07, 6.45) is 9.70. The van der Waals surface area contributed by atoms with Gasteiger partial charge in [0.05, 0.1) is 12.6 Å². The largest absolute Gasteiger partial charge is 0.400 e. The molecule has 0 spiro atoms. The van der Waals surface area contributed by atoms with E-state index in [1.54, 1.807) is 0 Å². The van der Waals surface area contributed by atoms with Gasteiger partial charge in [0.15, 0.2) is 0 Å². The van der Waals surface area contributed by atoms with Crippen molar-refractivity contribution in [2.75, 3.05) is 13.7 Å².